The van der Waals surface area contributed by atoms with E-state index < -0.39 is 4.92 Å². The number of nitrogens with one attached hydrogen (secondary N) is 2. The van der Waals surface area contributed by atoms with Crippen molar-refractivity contribution in [1.29, 1.82) is 0 Å². The maximum atomic E-state index is 11.8. The molecule has 0 spiro atoms. The third kappa shape index (κ3) is 6.42. The Morgan fingerprint density at radius 1 is 1.42 bits per heavy atom. The Balaban J connectivity index is 0.00000288. The molecular weight excluding hydrogens is 336 g/mol. The quantitative estimate of drug-likeness (QED) is 0.393. The van der Waals surface area contributed by atoms with Crippen LogP contribution in [0.3, 0.4) is 0 Å². The molecule has 1 aliphatic rings. The summed E-state index contributed by atoms with van der Waals surface area (Å²) < 4.78 is 1.64. The lowest BCUT2D eigenvalue weighted by Gasteiger charge is -2.27. The standard InChI is InChI=1S/C14H24N6O3.ClH/c1-12-17-13(20(22)23)11-19(12)8-3-14(21)16-4-2-7-18-9-5-15-6-10-18;/h11,15H,2-10H2,1H3,(H,16,21);1H. The minimum Gasteiger partial charge on any atom is -0.358 e. The maximum Gasteiger partial charge on any atom is 0.381 e. The first-order valence-corrected chi connectivity index (χ1v) is 7.94. The Morgan fingerprint density at radius 2 is 2.12 bits per heavy atom. The van der Waals surface area contributed by atoms with Crippen LogP contribution in [0, 0.1) is 17.0 Å². The van der Waals surface area contributed by atoms with Crippen LogP contribution in [-0.2, 0) is 11.3 Å². The Labute approximate surface area is 147 Å². The van der Waals surface area contributed by atoms with Gasteiger partial charge in [0.25, 0.3) is 0 Å². The number of aryl methyl sites for hydroxylation is 2. The molecule has 9 nitrogen and oxygen atoms in total. The minimum atomic E-state index is -0.528. The molecular formula is C14H25ClN6O3. The molecule has 1 aromatic rings. The molecule has 0 bridgehead atoms. The maximum absolute atomic E-state index is 11.8. The zero-order chi connectivity index (χ0) is 16.7. The van der Waals surface area contributed by atoms with E-state index in [0.717, 1.165) is 39.1 Å². The topological polar surface area (TPSA) is 105 Å². The van der Waals surface area contributed by atoms with E-state index in [1.165, 1.54) is 6.20 Å². The number of rotatable bonds is 8. The lowest BCUT2D eigenvalue weighted by molar-refractivity contribution is -0.389. The van der Waals surface area contributed by atoms with E-state index in [-0.39, 0.29) is 24.1 Å². The summed E-state index contributed by atoms with van der Waals surface area (Å²) >= 11 is 0. The van der Waals surface area contributed by atoms with Gasteiger partial charge in [-0.25, -0.2) is 0 Å². The second kappa shape index (κ2) is 10.2. The lowest BCUT2D eigenvalue weighted by Crippen LogP contribution is -2.44. The third-order valence-electron chi connectivity index (χ3n) is 3.91. The summed E-state index contributed by atoms with van der Waals surface area (Å²) in [7, 11) is 0. The first-order valence-electron chi connectivity index (χ1n) is 7.94. The highest BCUT2D eigenvalue weighted by Gasteiger charge is 2.15. The van der Waals surface area contributed by atoms with Gasteiger partial charge in [-0.3, -0.25) is 4.79 Å². The van der Waals surface area contributed by atoms with Crippen LogP contribution >= 0.6 is 12.4 Å². The van der Waals surface area contributed by atoms with Gasteiger partial charge in [0.1, 0.15) is 6.20 Å². The van der Waals surface area contributed by atoms with E-state index in [1.54, 1.807) is 11.5 Å². The van der Waals surface area contributed by atoms with E-state index in [9.17, 15) is 14.9 Å². The van der Waals surface area contributed by atoms with Gasteiger partial charge in [0.15, 0.2) is 0 Å². The van der Waals surface area contributed by atoms with Gasteiger partial charge < -0.3 is 30.2 Å². The molecule has 2 heterocycles. The van der Waals surface area contributed by atoms with Gasteiger partial charge in [0.05, 0.1) is 0 Å². The molecule has 136 valence electrons. The number of hydrogen-bond acceptors (Lipinski definition) is 6. The van der Waals surface area contributed by atoms with Gasteiger partial charge in [-0.1, -0.05) is 0 Å². The van der Waals surface area contributed by atoms with E-state index in [1.807, 2.05) is 0 Å². The van der Waals surface area contributed by atoms with Crippen LogP contribution in [0.1, 0.15) is 18.7 Å². The Morgan fingerprint density at radius 3 is 2.75 bits per heavy atom. The van der Waals surface area contributed by atoms with E-state index in [0.29, 0.717) is 25.3 Å². The smallest absolute Gasteiger partial charge is 0.358 e. The average Bonchev–Trinajstić information content (AvgIpc) is 2.92. The Bertz CT molecular complexity index is 545. The van der Waals surface area contributed by atoms with Crippen LogP contribution in [-0.4, -0.2) is 64.6 Å². The van der Waals surface area contributed by atoms with Gasteiger partial charge in [0, 0.05) is 52.6 Å². The SMILES string of the molecule is Cc1nc([N+](=O)[O-])cn1CCC(=O)NCCCN1CCNCC1.Cl. The van der Waals surface area contributed by atoms with Crippen LogP contribution < -0.4 is 10.6 Å². The highest BCUT2D eigenvalue weighted by atomic mass is 35.5. The van der Waals surface area contributed by atoms with Crippen molar-refractivity contribution in [3.63, 3.8) is 0 Å². The number of aromatic nitrogens is 2. The molecule has 0 aromatic carbocycles. The van der Waals surface area contributed by atoms with Crippen LogP contribution in [0.4, 0.5) is 5.82 Å². The Kier molecular flexibility index (Phi) is 8.66. The number of imidazole rings is 1. The van der Waals surface area contributed by atoms with E-state index >= 15 is 0 Å². The highest BCUT2D eigenvalue weighted by Crippen LogP contribution is 2.10. The minimum absolute atomic E-state index is 0. The van der Waals surface area contributed by atoms with E-state index in [2.05, 4.69) is 20.5 Å². The molecule has 2 N–H and O–H groups in total. The van der Waals surface area contributed by atoms with Crippen LogP contribution in [0.25, 0.3) is 0 Å². The molecule has 0 radical (unpaired) electrons. The van der Waals surface area contributed by atoms with Crippen molar-refractivity contribution in [2.75, 3.05) is 39.3 Å². The first-order chi connectivity index (χ1) is 11.1. The fourth-order valence-electron chi connectivity index (χ4n) is 2.58. The second-order valence-corrected chi connectivity index (χ2v) is 5.64. The van der Waals surface area contributed by atoms with Gasteiger partial charge in [0.2, 0.25) is 11.7 Å². The number of nitrogens with zero attached hydrogens (tertiary/aromatic N) is 4. The monoisotopic (exact) mass is 360 g/mol. The number of nitro groups is 1. The fraction of sp³-hybridized carbons (Fsp3) is 0.714. The number of halogens is 1. The summed E-state index contributed by atoms with van der Waals surface area (Å²) in [5.74, 6) is 0.322. The van der Waals surface area contributed by atoms with Gasteiger partial charge in [-0.15, -0.1) is 12.4 Å². The van der Waals surface area contributed by atoms with Gasteiger partial charge in [-0.05, 0) is 22.9 Å². The summed E-state index contributed by atoms with van der Waals surface area (Å²) in [4.78, 5) is 28.2. The largest absolute Gasteiger partial charge is 0.381 e. The summed E-state index contributed by atoms with van der Waals surface area (Å²) in [6, 6.07) is 0. The summed E-state index contributed by atoms with van der Waals surface area (Å²) in [5.41, 5.74) is 0. The first kappa shape index (κ1) is 20.3. The van der Waals surface area contributed by atoms with Crippen molar-refractivity contribution < 1.29 is 9.72 Å². The predicted molar refractivity (Wildman–Crippen MR) is 92.4 cm³/mol. The molecule has 0 atom stereocenters. The molecule has 2 rings (SSSR count). The summed E-state index contributed by atoms with van der Waals surface area (Å²) in [6.45, 7) is 7.93. The molecule has 0 unspecified atom stereocenters. The molecule has 1 aromatic heterocycles. The zero-order valence-corrected chi connectivity index (χ0v) is 14.7. The lowest BCUT2D eigenvalue weighted by atomic mass is 10.3. The number of hydrogen-bond donors (Lipinski definition) is 2. The summed E-state index contributed by atoms with van der Waals surface area (Å²) in [5, 5.41) is 16.9. The fourth-order valence-corrected chi connectivity index (χ4v) is 2.58. The van der Waals surface area contributed by atoms with Crippen molar-refractivity contribution in [2.24, 2.45) is 0 Å². The van der Waals surface area contributed by atoms with Crippen molar-refractivity contribution >= 4 is 24.1 Å². The van der Waals surface area contributed by atoms with Crippen LogP contribution in [0.15, 0.2) is 6.20 Å². The van der Waals surface area contributed by atoms with Crippen molar-refractivity contribution in [2.45, 2.75) is 26.3 Å². The van der Waals surface area contributed by atoms with Gasteiger partial charge in [-0.2, -0.15) is 0 Å². The zero-order valence-electron chi connectivity index (χ0n) is 13.9. The van der Waals surface area contributed by atoms with E-state index in [4.69, 9.17) is 0 Å². The number of carbonyl (C=O) groups is 1. The molecule has 1 fully saturated rings. The predicted octanol–water partition coefficient (Wildman–Crippen LogP) is 0.323. The highest BCUT2D eigenvalue weighted by molar-refractivity contribution is 5.85. The number of piperazine rings is 1. The molecule has 10 heteroatoms. The second-order valence-electron chi connectivity index (χ2n) is 5.64. The number of amides is 1. The molecule has 1 saturated heterocycles. The van der Waals surface area contributed by atoms with Crippen molar-refractivity contribution in [1.82, 2.24) is 25.1 Å². The number of carbonyl (C=O) groups excluding carboxylic acids is 1. The van der Waals surface area contributed by atoms with Crippen LogP contribution in [0.2, 0.25) is 0 Å². The molecule has 1 aliphatic heterocycles. The molecule has 24 heavy (non-hydrogen) atoms. The molecule has 0 saturated carbocycles. The van der Waals surface area contributed by atoms with Crippen molar-refractivity contribution in [3.8, 4) is 0 Å². The normalized spacial score (nSPS) is 14.9. The van der Waals surface area contributed by atoms with Crippen molar-refractivity contribution in [3.05, 3.63) is 22.1 Å². The third-order valence-corrected chi connectivity index (χ3v) is 3.91. The molecule has 1 amide bonds. The Hall–Kier alpha value is -1.71. The average molecular weight is 361 g/mol. The summed E-state index contributed by atoms with van der Waals surface area (Å²) in [6.07, 6.45) is 2.59. The molecule has 0 aliphatic carbocycles. The van der Waals surface area contributed by atoms with Crippen LogP contribution in [0.5, 0.6) is 0 Å². The van der Waals surface area contributed by atoms with Gasteiger partial charge >= 0.3 is 5.82 Å².